The van der Waals surface area contributed by atoms with Crippen molar-refractivity contribution in [2.45, 2.75) is 11.8 Å². The number of amides is 1. The van der Waals surface area contributed by atoms with Crippen LogP contribution in [0.4, 0.5) is 5.69 Å². The predicted octanol–water partition coefficient (Wildman–Crippen LogP) is -0.585. The zero-order valence-corrected chi connectivity index (χ0v) is 10.6. The van der Waals surface area contributed by atoms with Gasteiger partial charge in [0.05, 0.1) is 4.92 Å². The molecule has 0 aliphatic carbocycles. The van der Waals surface area contributed by atoms with Crippen LogP contribution in [0.1, 0.15) is 5.56 Å². The van der Waals surface area contributed by atoms with E-state index in [1.807, 2.05) is 0 Å². The molecule has 1 aromatic rings. The monoisotopic (exact) mass is 289 g/mol. The molecule has 1 aromatic carbocycles. The summed E-state index contributed by atoms with van der Waals surface area (Å²) in [6.45, 7) is 0.819. The van der Waals surface area contributed by atoms with Crippen molar-refractivity contribution in [1.82, 2.24) is 0 Å². The van der Waals surface area contributed by atoms with Crippen LogP contribution in [0.15, 0.2) is 17.0 Å². The minimum atomic E-state index is -4.24. The molecular formula is C9H11N3O6S. The molecule has 0 aliphatic rings. The predicted molar refractivity (Wildman–Crippen MR) is 63.9 cm³/mol. The van der Waals surface area contributed by atoms with Crippen LogP contribution in [0.25, 0.3) is 0 Å². The molecule has 0 bridgehead atoms. The van der Waals surface area contributed by atoms with Gasteiger partial charge in [-0.05, 0) is 12.5 Å². The second-order valence-corrected chi connectivity index (χ2v) is 5.18. The van der Waals surface area contributed by atoms with Crippen molar-refractivity contribution in [2.24, 2.45) is 10.9 Å². The van der Waals surface area contributed by atoms with E-state index in [0.29, 0.717) is 0 Å². The summed E-state index contributed by atoms with van der Waals surface area (Å²) in [7, 11) is -4.24. The van der Waals surface area contributed by atoms with Gasteiger partial charge in [-0.25, -0.2) is 13.6 Å². The summed E-state index contributed by atoms with van der Waals surface area (Å²) >= 11 is 0. The summed E-state index contributed by atoms with van der Waals surface area (Å²) in [6, 6.07) is 1.86. The molecule has 0 aromatic heterocycles. The lowest BCUT2D eigenvalue weighted by Crippen LogP contribution is -2.22. The highest BCUT2D eigenvalue weighted by molar-refractivity contribution is 7.89. The number of carbonyl (C=O) groups excluding carboxylic acids is 1. The van der Waals surface area contributed by atoms with Gasteiger partial charge in [-0.1, -0.05) is 0 Å². The highest BCUT2D eigenvalue weighted by Crippen LogP contribution is 2.31. The van der Waals surface area contributed by atoms with E-state index in [1.165, 1.54) is 6.92 Å². The van der Waals surface area contributed by atoms with Gasteiger partial charge in [0.15, 0.2) is 6.61 Å². The first-order valence-electron chi connectivity index (χ1n) is 4.86. The number of aryl methyl sites for hydroxylation is 1. The van der Waals surface area contributed by atoms with Crippen LogP contribution >= 0.6 is 0 Å². The highest BCUT2D eigenvalue weighted by Gasteiger charge is 2.23. The van der Waals surface area contributed by atoms with E-state index >= 15 is 0 Å². The van der Waals surface area contributed by atoms with Crippen molar-refractivity contribution in [1.29, 1.82) is 0 Å². The fourth-order valence-electron chi connectivity index (χ4n) is 1.37. The summed E-state index contributed by atoms with van der Waals surface area (Å²) in [6.07, 6.45) is 0. The average molecular weight is 289 g/mol. The molecule has 9 nitrogen and oxygen atoms in total. The molecule has 0 radical (unpaired) electrons. The number of non-ortho nitro benzene ring substituents is 1. The number of carbonyl (C=O) groups is 1. The first-order valence-corrected chi connectivity index (χ1v) is 6.40. The molecule has 19 heavy (non-hydrogen) atoms. The first kappa shape index (κ1) is 14.9. The number of primary sulfonamides is 1. The van der Waals surface area contributed by atoms with Crippen molar-refractivity contribution in [3.63, 3.8) is 0 Å². The Kier molecular flexibility index (Phi) is 4.07. The van der Waals surface area contributed by atoms with Gasteiger partial charge in [0, 0.05) is 12.1 Å². The second kappa shape index (κ2) is 5.20. The van der Waals surface area contributed by atoms with E-state index < -0.39 is 38.0 Å². The summed E-state index contributed by atoms with van der Waals surface area (Å²) in [4.78, 5) is 20.0. The maximum Gasteiger partial charge on any atom is 0.271 e. The topological polar surface area (TPSA) is 156 Å². The Labute approximate surface area is 108 Å². The SMILES string of the molecule is Cc1cc([N+](=O)[O-])cc(S(N)(=O)=O)c1OCC(N)=O. The van der Waals surface area contributed by atoms with E-state index in [9.17, 15) is 23.3 Å². The summed E-state index contributed by atoms with van der Waals surface area (Å²) in [5.74, 6) is -1.05. The zero-order valence-electron chi connectivity index (χ0n) is 9.82. The molecule has 1 rings (SSSR count). The van der Waals surface area contributed by atoms with Gasteiger partial charge < -0.3 is 10.5 Å². The van der Waals surface area contributed by atoms with Crippen LogP contribution in [0.3, 0.4) is 0 Å². The molecular weight excluding hydrogens is 278 g/mol. The normalized spacial score (nSPS) is 11.1. The Morgan fingerprint density at radius 3 is 2.47 bits per heavy atom. The number of ether oxygens (including phenoxy) is 1. The van der Waals surface area contributed by atoms with Crippen LogP contribution in [0, 0.1) is 17.0 Å². The number of nitro groups is 1. The number of rotatable bonds is 5. The fourth-order valence-corrected chi connectivity index (χ4v) is 2.13. The van der Waals surface area contributed by atoms with Gasteiger partial charge in [0.25, 0.3) is 11.6 Å². The van der Waals surface area contributed by atoms with Crippen molar-refractivity contribution in [2.75, 3.05) is 6.61 Å². The van der Waals surface area contributed by atoms with E-state index in [2.05, 4.69) is 0 Å². The van der Waals surface area contributed by atoms with Gasteiger partial charge >= 0.3 is 0 Å². The van der Waals surface area contributed by atoms with Crippen LogP contribution in [-0.4, -0.2) is 25.9 Å². The van der Waals surface area contributed by atoms with Crippen molar-refractivity contribution in [3.05, 3.63) is 27.8 Å². The third kappa shape index (κ3) is 3.63. The van der Waals surface area contributed by atoms with Gasteiger partial charge in [-0.3, -0.25) is 14.9 Å². The van der Waals surface area contributed by atoms with Crippen molar-refractivity contribution in [3.8, 4) is 5.75 Å². The Hall–Kier alpha value is -2.20. The number of nitrogens with two attached hydrogens (primary N) is 2. The van der Waals surface area contributed by atoms with Crippen LogP contribution in [0.5, 0.6) is 5.75 Å². The van der Waals surface area contributed by atoms with Crippen LogP contribution < -0.4 is 15.6 Å². The van der Waals surface area contributed by atoms with Crippen molar-refractivity contribution >= 4 is 21.6 Å². The van der Waals surface area contributed by atoms with E-state index in [4.69, 9.17) is 15.6 Å². The lowest BCUT2D eigenvalue weighted by Gasteiger charge is -2.11. The highest BCUT2D eigenvalue weighted by atomic mass is 32.2. The Balaban J connectivity index is 3.44. The first-order chi connectivity index (χ1) is 8.62. The van der Waals surface area contributed by atoms with E-state index in [1.54, 1.807) is 0 Å². The number of sulfonamides is 1. The minimum absolute atomic E-state index is 0.152. The Morgan fingerprint density at radius 1 is 1.47 bits per heavy atom. The van der Waals surface area contributed by atoms with E-state index in [-0.39, 0.29) is 11.3 Å². The molecule has 0 saturated carbocycles. The number of hydrogen-bond acceptors (Lipinski definition) is 6. The van der Waals surface area contributed by atoms with Crippen LogP contribution in [-0.2, 0) is 14.8 Å². The number of hydrogen-bond donors (Lipinski definition) is 2. The average Bonchev–Trinajstić information content (AvgIpc) is 2.24. The lowest BCUT2D eigenvalue weighted by molar-refractivity contribution is -0.385. The summed E-state index contributed by atoms with van der Waals surface area (Å²) < 4.78 is 27.7. The molecule has 4 N–H and O–H groups in total. The molecule has 0 unspecified atom stereocenters. The summed E-state index contributed by atoms with van der Waals surface area (Å²) in [5, 5.41) is 15.6. The molecule has 0 saturated heterocycles. The largest absolute Gasteiger partial charge is 0.482 e. The molecule has 1 amide bonds. The standard InChI is InChI=1S/C9H11N3O6S/c1-5-2-6(12(14)15)3-7(19(11,16)17)9(5)18-4-8(10)13/h2-3H,4H2,1H3,(H2,10,13)(H2,11,16,17). The Morgan fingerprint density at radius 2 is 2.05 bits per heavy atom. The minimum Gasteiger partial charge on any atom is -0.482 e. The molecule has 0 fully saturated rings. The quantitative estimate of drug-likeness (QED) is 0.545. The molecule has 0 aliphatic heterocycles. The van der Waals surface area contributed by atoms with Gasteiger partial charge in [-0.15, -0.1) is 0 Å². The molecule has 104 valence electrons. The number of benzene rings is 1. The Bertz CT molecular complexity index is 640. The lowest BCUT2D eigenvalue weighted by atomic mass is 10.2. The second-order valence-electron chi connectivity index (χ2n) is 3.65. The maximum absolute atomic E-state index is 11.4. The number of primary amides is 1. The van der Waals surface area contributed by atoms with Gasteiger partial charge in [0.1, 0.15) is 10.6 Å². The van der Waals surface area contributed by atoms with Gasteiger partial charge in [0.2, 0.25) is 10.0 Å². The van der Waals surface area contributed by atoms with E-state index in [0.717, 1.165) is 12.1 Å². The number of nitrogens with zero attached hydrogens (tertiary/aromatic N) is 1. The molecule has 0 heterocycles. The number of nitro benzene ring substituents is 1. The van der Waals surface area contributed by atoms with Crippen molar-refractivity contribution < 1.29 is 22.9 Å². The smallest absolute Gasteiger partial charge is 0.271 e. The molecule has 10 heteroatoms. The van der Waals surface area contributed by atoms with Gasteiger partial charge in [-0.2, -0.15) is 0 Å². The zero-order chi connectivity index (χ0) is 14.8. The molecule has 0 atom stereocenters. The third-order valence-corrected chi connectivity index (χ3v) is 3.02. The fraction of sp³-hybridized carbons (Fsp3) is 0.222. The maximum atomic E-state index is 11.4. The third-order valence-electron chi connectivity index (χ3n) is 2.10. The van der Waals surface area contributed by atoms with Crippen LogP contribution in [0.2, 0.25) is 0 Å². The molecule has 0 spiro atoms. The summed E-state index contributed by atoms with van der Waals surface area (Å²) in [5.41, 5.74) is 4.58.